The van der Waals surface area contributed by atoms with Gasteiger partial charge in [-0.05, 0) is 12.1 Å². The first-order valence-corrected chi connectivity index (χ1v) is 6.97. The Labute approximate surface area is 132 Å². The van der Waals surface area contributed by atoms with Crippen LogP contribution in [0, 0.1) is 0 Å². The van der Waals surface area contributed by atoms with Crippen LogP contribution in [-0.2, 0) is 7.05 Å². The zero-order valence-electron chi connectivity index (χ0n) is 13.3. The molecule has 0 saturated carbocycles. The number of hydrogen-bond acceptors (Lipinski definition) is 5. The molecule has 6 nitrogen and oxygen atoms in total. The molecular formula is C17H17NO5. The molecule has 3 rings (SSSR count). The van der Waals surface area contributed by atoms with Crippen molar-refractivity contribution in [2.24, 2.45) is 7.05 Å². The van der Waals surface area contributed by atoms with Gasteiger partial charge in [-0.3, -0.25) is 4.79 Å². The highest BCUT2D eigenvalue weighted by Gasteiger charge is 2.19. The van der Waals surface area contributed by atoms with Crippen molar-refractivity contribution in [3.63, 3.8) is 0 Å². The Morgan fingerprint density at radius 1 is 1.04 bits per heavy atom. The average molecular weight is 315 g/mol. The fourth-order valence-corrected chi connectivity index (χ4v) is 2.88. The van der Waals surface area contributed by atoms with Crippen molar-refractivity contribution in [2.45, 2.75) is 0 Å². The molecule has 0 aliphatic heterocycles. The summed E-state index contributed by atoms with van der Waals surface area (Å²) in [5.74, 6) is 1.35. The van der Waals surface area contributed by atoms with Gasteiger partial charge in [0.2, 0.25) is 5.43 Å². The monoisotopic (exact) mass is 315 g/mol. The van der Waals surface area contributed by atoms with Crippen molar-refractivity contribution >= 4 is 21.8 Å². The molecule has 0 fully saturated rings. The van der Waals surface area contributed by atoms with Crippen LogP contribution in [-0.4, -0.2) is 31.0 Å². The van der Waals surface area contributed by atoms with E-state index in [1.807, 2.05) is 0 Å². The Hall–Kier alpha value is -2.89. The Balaban J connectivity index is 2.62. The van der Waals surface area contributed by atoms with Crippen LogP contribution < -0.4 is 19.6 Å². The molecule has 0 radical (unpaired) electrons. The van der Waals surface area contributed by atoms with E-state index in [2.05, 4.69) is 0 Å². The topological polar surface area (TPSA) is 69.9 Å². The molecule has 0 saturated heterocycles. The number of pyridine rings is 1. The fourth-order valence-electron chi connectivity index (χ4n) is 2.88. The summed E-state index contributed by atoms with van der Waals surface area (Å²) in [7, 11) is 6.36. The lowest BCUT2D eigenvalue weighted by atomic mass is 10.1. The van der Waals surface area contributed by atoms with Gasteiger partial charge in [-0.1, -0.05) is 0 Å². The highest BCUT2D eigenvalue weighted by Crippen LogP contribution is 2.37. The first-order valence-electron chi connectivity index (χ1n) is 6.97. The summed E-state index contributed by atoms with van der Waals surface area (Å²) in [4.78, 5) is 12.8. The number of aryl methyl sites for hydroxylation is 1. The molecule has 120 valence electrons. The molecule has 1 N–H and O–H groups in total. The van der Waals surface area contributed by atoms with Crippen molar-refractivity contribution < 1.29 is 19.3 Å². The lowest BCUT2D eigenvalue weighted by Crippen LogP contribution is -2.11. The van der Waals surface area contributed by atoms with Gasteiger partial charge in [0.15, 0.2) is 11.5 Å². The summed E-state index contributed by atoms with van der Waals surface area (Å²) in [6.45, 7) is 0. The largest absolute Gasteiger partial charge is 0.507 e. The number of rotatable bonds is 3. The Bertz CT molecular complexity index is 975. The van der Waals surface area contributed by atoms with Crippen LogP contribution in [0.2, 0.25) is 0 Å². The van der Waals surface area contributed by atoms with E-state index < -0.39 is 0 Å². The minimum absolute atomic E-state index is 0.114. The fraction of sp³-hybridized carbons (Fsp3) is 0.235. The van der Waals surface area contributed by atoms with Crippen LogP contribution in [0.3, 0.4) is 0 Å². The van der Waals surface area contributed by atoms with Gasteiger partial charge in [-0.25, -0.2) is 0 Å². The van der Waals surface area contributed by atoms with E-state index in [0.717, 1.165) is 0 Å². The molecule has 23 heavy (non-hydrogen) atoms. The van der Waals surface area contributed by atoms with Gasteiger partial charge >= 0.3 is 0 Å². The Morgan fingerprint density at radius 2 is 1.78 bits per heavy atom. The van der Waals surface area contributed by atoms with Crippen molar-refractivity contribution in [1.82, 2.24) is 4.57 Å². The molecule has 1 heterocycles. The molecule has 6 heteroatoms. The predicted molar refractivity (Wildman–Crippen MR) is 88.0 cm³/mol. The van der Waals surface area contributed by atoms with Crippen LogP contribution in [0.4, 0.5) is 0 Å². The second kappa shape index (κ2) is 5.39. The van der Waals surface area contributed by atoms with Crippen LogP contribution in [0.1, 0.15) is 0 Å². The zero-order chi connectivity index (χ0) is 16.7. The normalized spacial score (nSPS) is 11.0. The van der Waals surface area contributed by atoms with E-state index >= 15 is 0 Å². The van der Waals surface area contributed by atoms with Gasteiger partial charge < -0.3 is 23.9 Å². The molecule has 2 aromatic carbocycles. The summed E-state index contributed by atoms with van der Waals surface area (Å²) in [5, 5.41) is 10.9. The number of benzene rings is 2. The first-order chi connectivity index (χ1) is 11.0. The standard InChI is InChI=1S/C17H17NO5/c1-18-11-7-9(21-2)8-12(19)14(11)16(20)10-5-6-13(22-3)17(23-4)15(10)18/h5-8,19H,1-4H3. The summed E-state index contributed by atoms with van der Waals surface area (Å²) < 4.78 is 17.7. The number of hydrogen-bond donors (Lipinski definition) is 1. The number of phenolic OH excluding ortho intramolecular Hbond substituents is 1. The van der Waals surface area contributed by atoms with Crippen molar-refractivity contribution in [1.29, 1.82) is 0 Å². The van der Waals surface area contributed by atoms with Gasteiger partial charge in [0.25, 0.3) is 0 Å². The van der Waals surface area contributed by atoms with E-state index in [1.165, 1.54) is 27.4 Å². The van der Waals surface area contributed by atoms with Gasteiger partial charge in [0.05, 0.1) is 43.1 Å². The lowest BCUT2D eigenvalue weighted by molar-refractivity contribution is 0.357. The maximum atomic E-state index is 12.8. The third kappa shape index (κ3) is 2.06. The third-order valence-electron chi connectivity index (χ3n) is 3.99. The number of aromatic hydroxyl groups is 1. The summed E-state index contributed by atoms with van der Waals surface area (Å²) >= 11 is 0. The number of fused-ring (bicyclic) bond motifs is 2. The maximum absolute atomic E-state index is 12.8. The smallest absolute Gasteiger partial charge is 0.201 e. The van der Waals surface area contributed by atoms with Crippen molar-refractivity contribution in [3.8, 4) is 23.0 Å². The average Bonchev–Trinajstić information content (AvgIpc) is 2.57. The number of phenols is 1. The maximum Gasteiger partial charge on any atom is 0.201 e. The highest BCUT2D eigenvalue weighted by molar-refractivity contribution is 6.00. The number of aromatic nitrogens is 1. The first kappa shape index (κ1) is 15.0. The third-order valence-corrected chi connectivity index (χ3v) is 3.99. The minimum atomic E-state index is -0.269. The minimum Gasteiger partial charge on any atom is -0.507 e. The SMILES string of the molecule is COc1cc(O)c2c(=O)c3ccc(OC)c(OC)c3n(C)c2c1. The van der Waals surface area contributed by atoms with E-state index in [9.17, 15) is 9.90 Å². The molecule has 0 amide bonds. The molecule has 0 aliphatic carbocycles. The lowest BCUT2D eigenvalue weighted by Gasteiger charge is -2.16. The molecule has 0 unspecified atom stereocenters. The van der Waals surface area contributed by atoms with E-state index in [4.69, 9.17) is 14.2 Å². The number of methoxy groups -OCH3 is 3. The molecule has 0 atom stereocenters. The van der Waals surface area contributed by atoms with Gasteiger partial charge in [-0.2, -0.15) is 0 Å². The van der Waals surface area contributed by atoms with Gasteiger partial charge in [0, 0.05) is 19.2 Å². The molecule has 0 bridgehead atoms. The molecule has 0 spiro atoms. The van der Waals surface area contributed by atoms with Gasteiger partial charge in [-0.15, -0.1) is 0 Å². The summed E-state index contributed by atoms with van der Waals surface area (Å²) in [6, 6.07) is 6.47. The number of ether oxygens (including phenoxy) is 3. The van der Waals surface area contributed by atoms with Crippen LogP contribution >= 0.6 is 0 Å². The van der Waals surface area contributed by atoms with Crippen LogP contribution in [0.5, 0.6) is 23.0 Å². The second-order valence-corrected chi connectivity index (χ2v) is 5.13. The Kier molecular flexibility index (Phi) is 3.52. The highest BCUT2D eigenvalue weighted by atomic mass is 16.5. The van der Waals surface area contributed by atoms with E-state index in [-0.39, 0.29) is 16.6 Å². The van der Waals surface area contributed by atoms with Crippen LogP contribution in [0.25, 0.3) is 21.8 Å². The molecule has 1 aromatic heterocycles. The number of nitrogens with zero attached hydrogens (tertiary/aromatic N) is 1. The van der Waals surface area contributed by atoms with Gasteiger partial charge in [0.1, 0.15) is 11.5 Å². The quantitative estimate of drug-likeness (QED) is 0.752. The van der Waals surface area contributed by atoms with E-state index in [0.29, 0.717) is 33.7 Å². The predicted octanol–water partition coefficient (Wildman–Crippen LogP) is 2.42. The van der Waals surface area contributed by atoms with Crippen molar-refractivity contribution in [3.05, 3.63) is 34.5 Å². The Morgan fingerprint density at radius 3 is 2.39 bits per heavy atom. The summed E-state index contributed by atoms with van der Waals surface area (Å²) in [5.41, 5.74) is 0.872. The molecule has 0 aliphatic rings. The van der Waals surface area contributed by atoms with Crippen LogP contribution in [0.15, 0.2) is 29.1 Å². The van der Waals surface area contributed by atoms with Crippen molar-refractivity contribution in [2.75, 3.05) is 21.3 Å². The molecular weight excluding hydrogens is 298 g/mol. The van der Waals surface area contributed by atoms with E-state index in [1.54, 1.807) is 29.8 Å². The zero-order valence-corrected chi connectivity index (χ0v) is 13.3. The molecule has 3 aromatic rings. The second-order valence-electron chi connectivity index (χ2n) is 5.13. The summed E-state index contributed by atoms with van der Waals surface area (Å²) in [6.07, 6.45) is 0.